The van der Waals surface area contributed by atoms with E-state index in [4.69, 9.17) is 11.6 Å². The first-order valence-electron chi connectivity index (χ1n) is 10.2. The summed E-state index contributed by atoms with van der Waals surface area (Å²) in [6, 6.07) is 19.5. The van der Waals surface area contributed by atoms with Gasteiger partial charge in [-0.25, -0.2) is 5.43 Å². The smallest absolute Gasteiger partial charge is 0.250 e. The van der Waals surface area contributed by atoms with Crippen LogP contribution in [0, 0.1) is 6.92 Å². The number of aryl methyl sites for hydroxylation is 1. The first-order valence-corrected chi connectivity index (χ1v) is 11.5. The maximum atomic E-state index is 12.3. The van der Waals surface area contributed by atoms with Crippen LogP contribution in [0.3, 0.4) is 0 Å². The Hall–Kier alpha value is -3.82. The van der Waals surface area contributed by atoms with Gasteiger partial charge in [0.05, 0.1) is 12.0 Å². The van der Waals surface area contributed by atoms with Crippen LogP contribution in [0.5, 0.6) is 11.5 Å². The predicted molar refractivity (Wildman–Crippen MR) is 133 cm³/mol. The quantitative estimate of drug-likeness (QED) is 0.151. The minimum Gasteiger partial charge on any atom is -0.504 e. The van der Waals surface area contributed by atoms with Gasteiger partial charge in [0.1, 0.15) is 0 Å². The standard InChI is InChI=1S/C24H20ClN5O3S/c1-15-2-5-17(6-3-15)23-28-29-24(30(23)19-9-7-18(25)8-10-19)34-14-22(33)27-26-13-16-4-11-20(31)21(32)12-16/h2-13,31-32H,14H2,1H3,(H,27,33). The lowest BCUT2D eigenvalue weighted by molar-refractivity contribution is -0.118. The second-order valence-electron chi connectivity index (χ2n) is 7.31. The number of amides is 1. The van der Waals surface area contributed by atoms with Crippen LogP contribution in [0.1, 0.15) is 11.1 Å². The molecule has 3 N–H and O–H groups in total. The van der Waals surface area contributed by atoms with E-state index in [9.17, 15) is 15.0 Å². The SMILES string of the molecule is Cc1ccc(-c2nnc(SCC(=O)NN=Cc3ccc(O)c(O)c3)n2-c2ccc(Cl)cc2)cc1. The molecule has 0 unspecified atom stereocenters. The molecule has 10 heteroatoms. The number of carbonyl (C=O) groups is 1. The minimum absolute atomic E-state index is 0.0534. The van der Waals surface area contributed by atoms with E-state index in [0.717, 1.165) is 16.8 Å². The summed E-state index contributed by atoms with van der Waals surface area (Å²) in [6.07, 6.45) is 1.37. The summed E-state index contributed by atoms with van der Waals surface area (Å²) < 4.78 is 1.88. The number of phenolic OH excluding ortho intramolecular Hbond substituents is 2. The summed E-state index contributed by atoms with van der Waals surface area (Å²) >= 11 is 7.28. The summed E-state index contributed by atoms with van der Waals surface area (Å²) in [5.74, 6) is -0.135. The minimum atomic E-state index is -0.341. The number of hydrogen-bond acceptors (Lipinski definition) is 7. The van der Waals surface area contributed by atoms with Crippen LogP contribution in [-0.4, -0.2) is 42.9 Å². The largest absolute Gasteiger partial charge is 0.504 e. The Morgan fingerprint density at radius 1 is 1.06 bits per heavy atom. The van der Waals surface area contributed by atoms with Crippen molar-refractivity contribution in [2.24, 2.45) is 5.10 Å². The van der Waals surface area contributed by atoms with E-state index in [1.807, 2.05) is 47.9 Å². The summed E-state index contributed by atoms with van der Waals surface area (Å²) in [5.41, 5.74) is 5.81. The number of aromatic nitrogens is 3. The molecule has 1 amide bonds. The number of carbonyl (C=O) groups excluding carboxylic acids is 1. The van der Waals surface area contributed by atoms with Gasteiger partial charge in [-0.05, 0) is 55.0 Å². The van der Waals surface area contributed by atoms with E-state index in [1.165, 1.54) is 30.1 Å². The molecule has 0 aliphatic rings. The summed E-state index contributed by atoms with van der Waals surface area (Å²) in [4.78, 5) is 12.3. The number of thioether (sulfide) groups is 1. The molecule has 0 radical (unpaired) electrons. The summed E-state index contributed by atoms with van der Waals surface area (Å²) in [6.45, 7) is 2.01. The molecule has 3 aromatic carbocycles. The zero-order chi connectivity index (χ0) is 24.1. The van der Waals surface area contributed by atoms with E-state index < -0.39 is 0 Å². The Labute approximate surface area is 204 Å². The maximum absolute atomic E-state index is 12.3. The van der Waals surface area contributed by atoms with E-state index >= 15 is 0 Å². The highest BCUT2D eigenvalue weighted by Gasteiger charge is 2.17. The van der Waals surface area contributed by atoms with Gasteiger partial charge in [0, 0.05) is 16.3 Å². The van der Waals surface area contributed by atoms with E-state index in [1.54, 1.807) is 18.2 Å². The molecule has 172 valence electrons. The van der Waals surface area contributed by atoms with Gasteiger partial charge in [0.15, 0.2) is 22.5 Å². The van der Waals surface area contributed by atoms with Crippen LogP contribution in [0.4, 0.5) is 0 Å². The fraction of sp³-hybridized carbons (Fsp3) is 0.0833. The van der Waals surface area contributed by atoms with Crippen molar-refractivity contribution in [3.8, 4) is 28.6 Å². The van der Waals surface area contributed by atoms with Crippen LogP contribution in [-0.2, 0) is 4.79 Å². The molecule has 4 aromatic rings. The summed E-state index contributed by atoms with van der Waals surface area (Å²) in [5, 5.41) is 32.6. The second kappa shape index (κ2) is 10.4. The van der Waals surface area contributed by atoms with Gasteiger partial charge in [-0.1, -0.05) is 53.2 Å². The average Bonchev–Trinajstić information content (AvgIpc) is 3.25. The predicted octanol–water partition coefficient (Wildman–Crippen LogP) is 4.55. The highest BCUT2D eigenvalue weighted by atomic mass is 35.5. The molecule has 0 spiro atoms. The molecular weight excluding hydrogens is 474 g/mol. The second-order valence-corrected chi connectivity index (χ2v) is 8.69. The van der Waals surface area contributed by atoms with Gasteiger partial charge in [0.2, 0.25) is 0 Å². The Bertz CT molecular complexity index is 1340. The number of benzene rings is 3. The van der Waals surface area contributed by atoms with Gasteiger partial charge < -0.3 is 10.2 Å². The molecule has 0 aliphatic heterocycles. The van der Waals surface area contributed by atoms with Gasteiger partial charge in [0.25, 0.3) is 5.91 Å². The summed E-state index contributed by atoms with van der Waals surface area (Å²) in [7, 11) is 0. The third kappa shape index (κ3) is 5.56. The number of nitrogens with one attached hydrogen (secondary N) is 1. The topological polar surface area (TPSA) is 113 Å². The first kappa shape index (κ1) is 23.3. The molecular formula is C24H20ClN5O3S. The number of nitrogens with zero attached hydrogens (tertiary/aromatic N) is 4. The maximum Gasteiger partial charge on any atom is 0.250 e. The number of hydrazone groups is 1. The molecule has 1 heterocycles. The average molecular weight is 494 g/mol. The Kier molecular flexibility index (Phi) is 7.15. The van der Waals surface area contributed by atoms with Crippen molar-refractivity contribution in [3.05, 3.63) is 82.9 Å². The number of aromatic hydroxyl groups is 2. The van der Waals surface area contributed by atoms with Gasteiger partial charge in [-0.2, -0.15) is 5.10 Å². The van der Waals surface area contributed by atoms with Crippen LogP contribution in [0.15, 0.2) is 77.0 Å². The zero-order valence-corrected chi connectivity index (χ0v) is 19.6. The van der Waals surface area contributed by atoms with E-state index in [-0.39, 0.29) is 23.2 Å². The lowest BCUT2D eigenvalue weighted by atomic mass is 10.1. The normalized spacial score (nSPS) is 11.1. The van der Waals surface area contributed by atoms with Crippen LogP contribution in [0.2, 0.25) is 5.02 Å². The molecule has 0 saturated carbocycles. The molecule has 0 aliphatic carbocycles. The van der Waals surface area contributed by atoms with Crippen molar-refractivity contribution in [3.63, 3.8) is 0 Å². The van der Waals surface area contributed by atoms with Crippen molar-refractivity contribution in [1.82, 2.24) is 20.2 Å². The van der Waals surface area contributed by atoms with Gasteiger partial charge in [-0.3, -0.25) is 9.36 Å². The van der Waals surface area contributed by atoms with Crippen molar-refractivity contribution in [1.29, 1.82) is 0 Å². The number of rotatable bonds is 7. The highest BCUT2D eigenvalue weighted by molar-refractivity contribution is 7.99. The van der Waals surface area contributed by atoms with Crippen LogP contribution >= 0.6 is 23.4 Å². The lowest BCUT2D eigenvalue weighted by Crippen LogP contribution is -2.20. The van der Waals surface area contributed by atoms with Crippen molar-refractivity contribution < 1.29 is 15.0 Å². The fourth-order valence-electron chi connectivity index (χ4n) is 3.04. The van der Waals surface area contributed by atoms with Crippen molar-refractivity contribution >= 4 is 35.5 Å². The Morgan fingerprint density at radius 3 is 2.50 bits per heavy atom. The van der Waals surface area contributed by atoms with E-state index in [2.05, 4.69) is 20.7 Å². The van der Waals surface area contributed by atoms with Gasteiger partial charge >= 0.3 is 0 Å². The number of halogens is 1. The monoisotopic (exact) mass is 493 g/mol. The fourth-order valence-corrected chi connectivity index (χ4v) is 3.91. The van der Waals surface area contributed by atoms with Crippen molar-refractivity contribution in [2.75, 3.05) is 5.75 Å². The Morgan fingerprint density at radius 2 is 1.79 bits per heavy atom. The lowest BCUT2D eigenvalue weighted by Gasteiger charge is -2.10. The highest BCUT2D eigenvalue weighted by Crippen LogP contribution is 2.29. The number of hydrogen-bond donors (Lipinski definition) is 3. The Balaban J connectivity index is 1.50. The van der Waals surface area contributed by atoms with Crippen molar-refractivity contribution in [2.45, 2.75) is 12.1 Å². The van der Waals surface area contributed by atoms with Gasteiger partial charge in [-0.15, -0.1) is 10.2 Å². The molecule has 0 atom stereocenters. The van der Waals surface area contributed by atoms with E-state index in [0.29, 0.717) is 21.6 Å². The number of phenols is 2. The zero-order valence-electron chi connectivity index (χ0n) is 18.0. The van der Waals surface area contributed by atoms with Crippen LogP contribution < -0.4 is 5.43 Å². The molecule has 0 fully saturated rings. The molecule has 8 nitrogen and oxygen atoms in total. The molecule has 0 saturated heterocycles. The molecule has 34 heavy (non-hydrogen) atoms. The third-order valence-electron chi connectivity index (χ3n) is 4.76. The third-order valence-corrected chi connectivity index (χ3v) is 5.94. The molecule has 4 rings (SSSR count). The molecule has 0 bridgehead atoms. The van der Waals surface area contributed by atoms with Crippen LogP contribution in [0.25, 0.3) is 17.1 Å². The molecule has 1 aromatic heterocycles. The first-order chi connectivity index (χ1) is 16.4.